The Labute approximate surface area is 152 Å². The zero-order valence-electron chi connectivity index (χ0n) is 13.8. The molecule has 0 aliphatic heterocycles. The maximum absolute atomic E-state index is 11.9. The molecular weight excluding hydrogens is 354 g/mol. The fourth-order valence-corrected chi connectivity index (χ4v) is 3.70. The summed E-state index contributed by atoms with van der Waals surface area (Å²) in [6, 6.07) is 12.6. The maximum atomic E-state index is 11.9. The molecule has 0 saturated carbocycles. The monoisotopic (exact) mass is 369 g/mol. The van der Waals surface area contributed by atoms with Gasteiger partial charge < -0.3 is 10.2 Å². The molecule has 0 bridgehead atoms. The first-order valence-corrected chi connectivity index (χ1v) is 8.51. The molecule has 0 aliphatic carbocycles. The number of hydrogen-bond donors (Lipinski definition) is 1. The van der Waals surface area contributed by atoms with E-state index in [1.807, 2.05) is 37.3 Å². The molecule has 26 heavy (non-hydrogen) atoms. The van der Waals surface area contributed by atoms with E-state index in [1.165, 1.54) is 29.7 Å². The Bertz CT molecular complexity index is 989. The highest BCUT2D eigenvalue weighted by atomic mass is 32.1. The molecule has 0 spiro atoms. The number of nitro groups is 1. The molecule has 132 valence electrons. The number of carbonyl (C=O) groups excluding carboxylic acids is 1. The van der Waals surface area contributed by atoms with E-state index >= 15 is 0 Å². The lowest BCUT2D eigenvalue weighted by molar-refractivity contribution is -0.402. The van der Waals surface area contributed by atoms with Crippen molar-refractivity contribution in [3.8, 4) is 0 Å². The van der Waals surface area contributed by atoms with Crippen LogP contribution in [0.4, 0.5) is 10.9 Å². The van der Waals surface area contributed by atoms with Crippen molar-refractivity contribution in [2.75, 3.05) is 0 Å². The molecule has 3 rings (SSSR count). The SMILES string of the molecule is Cc1c(Cc2ccccc2)sc(N=Cc2ccc([N+](=O)[O-])o2)c1C(N)=O. The third-order valence-corrected chi connectivity index (χ3v) is 4.98. The standard InChI is InChI=1S/C18H15N3O4S/c1-11-14(9-12-5-3-2-4-6-12)26-18(16(11)17(19)22)20-10-13-7-8-15(25-13)21(23)24/h2-8,10H,9H2,1H3,(H2,19,22). The Morgan fingerprint density at radius 3 is 2.65 bits per heavy atom. The van der Waals surface area contributed by atoms with Crippen LogP contribution in [0, 0.1) is 17.0 Å². The zero-order valence-corrected chi connectivity index (χ0v) is 14.7. The molecule has 1 aromatic carbocycles. The molecule has 0 aliphatic rings. The van der Waals surface area contributed by atoms with Gasteiger partial charge >= 0.3 is 5.88 Å². The van der Waals surface area contributed by atoms with Gasteiger partial charge in [-0.1, -0.05) is 30.3 Å². The number of nitrogens with two attached hydrogens (primary N) is 1. The summed E-state index contributed by atoms with van der Waals surface area (Å²) in [6.45, 7) is 1.84. The highest BCUT2D eigenvalue weighted by Crippen LogP contribution is 2.36. The summed E-state index contributed by atoms with van der Waals surface area (Å²) < 4.78 is 5.04. The summed E-state index contributed by atoms with van der Waals surface area (Å²) in [5.74, 6) is -0.702. The Kier molecular flexibility index (Phi) is 4.94. The maximum Gasteiger partial charge on any atom is 0.433 e. The van der Waals surface area contributed by atoms with Gasteiger partial charge in [0.05, 0.1) is 17.8 Å². The summed E-state index contributed by atoms with van der Waals surface area (Å²) >= 11 is 1.37. The Balaban J connectivity index is 1.92. The van der Waals surface area contributed by atoms with Crippen molar-refractivity contribution in [1.82, 2.24) is 0 Å². The average Bonchev–Trinajstić information content (AvgIpc) is 3.19. The van der Waals surface area contributed by atoms with Gasteiger partial charge in [-0.3, -0.25) is 14.9 Å². The van der Waals surface area contributed by atoms with Gasteiger partial charge in [-0.25, -0.2) is 4.99 Å². The fraction of sp³-hybridized carbons (Fsp3) is 0.111. The first-order chi connectivity index (χ1) is 12.5. The van der Waals surface area contributed by atoms with Gasteiger partial charge in [-0.15, -0.1) is 11.3 Å². The topological polar surface area (TPSA) is 112 Å². The van der Waals surface area contributed by atoms with Crippen LogP contribution in [0.5, 0.6) is 0 Å². The summed E-state index contributed by atoms with van der Waals surface area (Å²) in [4.78, 5) is 27.1. The van der Waals surface area contributed by atoms with Crippen molar-refractivity contribution in [3.05, 3.63) is 79.9 Å². The van der Waals surface area contributed by atoms with E-state index in [9.17, 15) is 14.9 Å². The van der Waals surface area contributed by atoms with Gasteiger partial charge in [0.2, 0.25) is 0 Å². The smallest absolute Gasteiger partial charge is 0.400 e. The lowest BCUT2D eigenvalue weighted by Crippen LogP contribution is -2.11. The van der Waals surface area contributed by atoms with Gasteiger partial charge in [0, 0.05) is 11.3 Å². The van der Waals surface area contributed by atoms with Crippen LogP contribution in [0.1, 0.15) is 32.1 Å². The molecule has 0 fully saturated rings. The van der Waals surface area contributed by atoms with Crippen molar-refractivity contribution < 1.29 is 14.1 Å². The van der Waals surface area contributed by atoms with Gasteiger partial charge in [-0.05, 0) is 24.1 Å². The van der Waals surface area contributed by atoms with E-state index in [2.05, 4.69) is 4.99 Å². The van der Waals surface area contributed by atoms with Gasteiger partial charge in [-0.2, -0.15) is 0 Å². The Hall–Kier alpha value is -3.26. The van der Waals surface area contributed by atoms with Crippen molar-refractivity contribution in [2.24, 2.45) is 10.7 Å². The van der Waals surface area contributed by atoms with E-state index in [0.29, 0.717) is 17.0 Å². The van der Waals surface area contributed by atoms with Gasteiger partial charge in [0.25, 0.3) is 5.91 Å². The number of hydrogen-bond acceptors (Lipinski definition) is 6. The Morgan fingerprint density at radius 1 is 1.31 bits per heavy atom. The molecule has 7 nitrogen and oxygen atoms in total. The third-order valence-electron chi connectivity index (χ3n) is 3.78. The second-order valence-corrected chi connectivity index (χ2v) is 6.63. The molecule has 3 aromatic rings. The molecule has 0 unspecified atom stereocenters. The normalized spacial score (nSPS) is 11.1. The number of benzene rings is 1. The number of primary amides is 1. The van der Waals surface area contributed by atoms with Crippen molar-refractivity contribution in [1.29, 1.82) is 0 Å². The lowest BCUT2D eigenvalue weighted by atomic mass is 10.1. The van der Waals surface area contributed by atoms with Crippen LogP contribution in [-0.2, 0) is 6.42 Å². The number of nitrogens with zero attached hydrogens (tertiary/aromatic N) is 2. The molecule has 0 saturated heterocycles. The third kappa shape index (κ3) is 3.70. The number of carbonyl (C=O) groups is 1. The van der Waals surface area contributed by atoms with Crippen molar-refractivity contribution in [2.45, 2.75) is 13.3 Å². The number of rotatable bonds is 6. The molecule has 0 radical (unpaired) electrons. The minimum absolute atomic E-state index is 0.225. The minimum Gasteiger partial charge on any atom is -0.400 e. The Morgan fingerprint density at radius 2 is 2.04 bits per heavy atom. The molecule has 2 heterocycles. The van der Waals surface area contributed by atoms with E-state index < -0.39 is 10.8 Å². The second kappa shape index (κ2) is 7.32. The number of furan rings is 1. The highest BCUT2D eigenvalue weighted by Gasteiger charge is 2.19. The second-order valence-electron chi connectivity index (χ2n) is 5.55. The first-order valence-electron chi connectivity index (χ1n) is 7.70. The predicted octanol–water partition coefficient (Wildman–Crippen LogP) is 4.00. The molecule has 1 amide bonds. The van der Waals surface area contributed by atoms with Crippen LogP contribution in [0.3, 0.4) is 0 Å². The van der Waals surface area contributed by atoms with Gasteiger partial charge in [0.15, 0.2) is 5.76 Å². The number of amides is 1. The number of aliphatic imine (C=N–C) groups is 1. The summed E-state index contributed by atoms with van der Waals surface area (Å²) in [5, 5.41) is 11.1. The van der Waals surface area contributed by atoms with Crippen LogP contribution in [0.15, 0.2) is 51.9 Å². The zero-order chi connectivity index (χ0) is 18.7. The van der Waals surface area contributed by atoms with Gasteiger partial charge in [0.1, 0.15) is 9.92 Å². The van der Waals surface area contributed by atoms with Crippen LogP contribution in [0.25, 0.3) is 0 Å². The van der Waals surface area contributed by atoms with E-state index in [0.717, 1.165) is 16.0 Å². The van der Waals surface area contributed by atoms with Crippen LogP contribution in [-0.4, -0.2) is 17.0 Å². The van der Waals surface area contributed by atoms with Crippen LogP contribution >= 0.6 is 11.3 Å². The molecule has 2 N–H and O–H groups in total. The molecule has 0 atom stereocenters. The lowest BCUT2D eigenvalue weighted by Gasteiger charge is -2.00. The average molecular weight is 369 g/mol. The number of thiophene rings is 1. The van der Waals surface area contributed by atoms with E-state index in [1.54, 1.807) is 0 Å². The highest BCUT2D eigenvalue weighted by molar-refractivity contribution is 7.16. The summed E-state index contributed by atoms with van der Waals surface area (Å²) in [5.41, 5.74) is 7.79. The summed E-state index contributed by atoms with van der Waals surface area (Å²) in [6.07, 6.45) is 2.01. The van der Waals surface area contributed by atoms with Crippen LogP contribution < -0.4 is 5.73 Å². The summed E-state index contributed by atoms with van der Waals surface area (Å²) in [7, 11) is 0. The predicted molar refractivity (Wildman–Crippen MR) is 99.4 cm³/mol. The molecule has 8 heteroatoms. The fourth-order valence-electron chi connectivity index (χ4n) is 2.51. The quantitative estimate of drug-likeness (QED) is 0.402. The van der Waals surface area contributed by atoms with Crippen molar-refractivity contribution in [3.63, 3.8) is 0 Å². The first kappa shape index (κ1) is 17.6. The van der Waals surface area contributed by atoms with E-state index in [-0.39, 0.29) is 11.6 Å². The largest absolute Gasteiger partial charge is 0.433 e. The van der Waals surface area contributed by atoms with E-state index in [4.69, 9.17) is 10.2 Å². The molecule has 2 aromatic heterocycles. The minimum atomic E-state index is -0.626. The molecular formula is C18H15N3O4S. The van der Waals surface area contributed by atoms with Crippen molar-refractivity contribution >= 4 is 34.3 Å². The van der Waals surface area contributed by atoms with Crippen LogP contribution in [0.2, 0.25) is 0 Å².